The number of aryl methyl sites for hydroxylation is 1. The fourth-order valence-corrected chi connectivity index (χ4v) is 6.81. The number of aromatic nitrogens is 2. The van der Waals surface area contributed by atoms with Crippen LogP contribution in [0.15, 0.2) is 16.9 Å². The molecule has 3 aromatic rings. The zero-order chi connectivity index (χ0) is 33.1. The molecular formula is C34H38FN3O8. The van der Waals surface area contributed by atoms with Crippen LogP contribution in [0.5, 0.6) is 0 Å². The summed E-state index contributed by atoms with van der Waals surface area (Å²) in [4.78, 5) is 56.2. The molecular weight excluding hydrogens is 597 g/mol. The first kappa shape index (κ1) is 31.8. The number of fused-ring (bicyclic) bond motifs is 5. The first-order valence-electron chi connectivity index (χ1n) is 15.6. The number of rotatable bonds is 8. The SMILES string of the molecule is CC[C@@]1(O)C(=O)OCc2c1cc1n(c2=O)Cc2c-1nc1cc(F)c(C)c3c1c2[C@@H](NC(=O)COCCCC(=O)OC(C)(C)C)CC3. The lowest BCUT2D eigenvalue weighted by molar-refractivity contribution is -0.172. The van der Waals surface area contributed by atoms with E-state index in [0.717, 1.165) is 22.1 Å². The van der Waals surface area contributed by atoms with Crippen molar-refractivity contribution < 1.29 is 38.1 Å². The van der Waals surface area contributed by atoms with Gasteiger partial charge in [0, 0.05) is 35.6 Å². The number of amides is 1. The molecule has 2 aliphatic heterocycles. The number of nitrogens with one attached hydrogen (secondary N) is 1. The largest absolute Gasteiger partial charge is 0.460 e. The molecule has 2 atom stereocenters. The van der Waals surface area contributed by atoms with Gasteiger partial charge in [0.05, 0.1) is 35.1 Å². The van der Waals surface area contributed by atoms with E-state index < -0.39 is 34.6 Å². The minimum absolute atomic E-state index is 0.00993. The maximum absolute atomic E-state index is 15.1. The van der Waals surface area contributed by atoms with Crippen LogP contribution in [-0.4, -0.2) is 51.3 Å². The van der Waals surface area contributed by atoms with Crippen molar-refractivity contribution in [3.63, 3.8) is 0 Å². The summed E-state index contributed by atoms with van der Waals surface area (Å²) in [5, 5.41) is 15.1. The second-order valence-electron chi connectivity index (χ2n) is 13.2. The third kappa shape index (κ3) is 5.37. The number of cyclic esters (lactones) is 1. The van der Waals surface area contributed by atoms with Gasteiger partial charge >= 0.3 is 11.9 Å². The minimum Gasteiger partial charge on any atom is -0.460 e. The number of hydrogen-bond acceptors (Lipinski definition) is 9. The number of carbonyl (C=O) groups excluding carboxylic acids is 3. The summed E-state index contributed by atoms with van der Waals surface area (Å²) >= 11 is 0. The van der Waals surface area contributed by atoms with E-state index in [1.54, 1.807) is 40.7 Å². The van der Waals surface area contributed by atoms with Gasteiger partial charge in [0.2, 0.25) is 5.91 Å². The van der Waals surface area contributed by atoms with E-state index in [1.165, 1.54) is 10.6 Å². The number of benzene rings is 1. The molecule has 1 amide bonds. The van der Waals surface area contributed by atoms with Crippen LogP contribution in [0.4, 0.5) is 4.39 Å². The molecule has 1 aliphatic carbocycles. The van der Waals surface area contributed by atoms with E-state index >= 15 is 4.39 Å². The van der Waals surface area contributed by atoms with E-state index in [4.69, 9.17) is 19.2 Å². The number of halogens is 1. The van der Waals surface area contributed by atoms with Gasteiger partial charge in [-0.15, -0.1) is 0 Å². The summed E-state index contributed by atoms with van der Waals surface area (Å²) < 4.78 is 32.7. The average molecular weight is 636 g/mol. The maximum atomic E-state index is 15.1. The van der Waals surface area contributed by atoms with Crippen LogP contribution in [0.25, 0.3) is 22.3 Å². The van der Waals surface area contributed by atoms with Crippen molar-refractivity contribution >= 4 is 28.7 Å². The lowest BCUT2D eigenvalue weighted by Crippen LogP contribution is -2.44. The second-order valence-corrected chi connectivity index (χ2v) is 13.2. The van der Waals surface area contributed by atoms with E-state index in [2.05, 4.69) is 5.32 Å². The van der Waals surface area contributed by atoms with Crippen molar-refractivity contribution in [2.24, 2.45) is 0 Å². The number of esters is 2. The van der Waals surface area contributed by atoms with E-state index in [9.17, 15) is 24.3 Å². The highest BCUT2D eigenvalue weighted by atomic mass is 19.1. The van der Waals surface area contributed by atoms with Crippen molar-refractivity contribution in [3.05, 3.63) is 61.7 Å². The smallest absolute Gasteiger partial charge is 0.343 e. The van der Waals surface area contributed by atoms with Crippen molar-refractivity contribution in [1.29, 1.82) is 0 Å². The quantitative estimate of drug-likeness (QED) is 0.218. The highest BCUT2D eigenvalue weighted by Crippen LogP contribution is 2.45. The maximum Gasteiger partial charge on any atom is 0.343 e. The normalized spacial score (nSPS) is 19.7. The van der Waals surface area contributed by atoms with Crippen LogP contribution in [-0.2, 0) is 53.8 Å². The van der Waals surface area contributed by atoms with Crippen molar-refractivity contribution in [2.75, 3.05) is 13.2 Å². The number of hydrogen-bond donors (Lipinski definition) is 2. The van der Waals surface area contributed by atoms with Gasteiger partial charge in [-0.25, -0.2) is 14.2 Å². The third-order valence-corrected chi connectivity index (χ3v) is 9.04. The van der Waals surface area contributed by atoms with Crippen LogP contribution in [0, 0.1) is 12.7 Å². The number of aliphatic hydroxyl groups is 1. The number of pyridine rings is 2. The lowest BCUT2D eigenvalue weighted by atomic mass is 9.81. The Bertz CT molecular complexity index is 1860. The Labute approximate surface area is 265 Å². The molecule has 244 valence electrons. The van der Waals surface area contributed by atoms with Gasteiger partial charge in [-0.2, -0.15) is 0 Å². The molecule has 0 saturated carbocycles. The highest BCUT2D eigenvalue weighted by molar-refractivity contribution is 5.94. The summed E-state index contributed by atoms with van der Waals surface area (Å²) in [7, 11) is 0. The Morgan fingerprint density at radius 3 is 2.70 bits per heavy atom. The molecule has 12 heteroatoms. The molecule has 0 bridgehead atoms. The molecule has 2 N–H and O–H groups in total. The minimum atomic E-state index is -1.98. The highest BCUT2D eigenvalue weighted by Gasteiger charge is 2.46. The molecule has 0 unspecified atom stereocenters. The van der Waals surface area contributed by atoms with Gasteiger partial charge in [0.25, 0.3) is 5.56 Å². The molecule has 4 heterocycles. The standard InChI is InChI=1S/C34H38FN3O8/c1-6-34(43)21-12-25-30-19(14-38(25)31(41)20(21)15-45-32(34)42)29-23(10-9-18-17(2)22(35)13-24(37-30)28(18)29)36-26(39)16-44-11-7-8-27(40)46-33(3,4)5/h12-13,23,43H,6-11,14-16H2,1-5H3,(H,36,39)/t23-,34-/m0/s1. The summed E-state index contributed by atoms with van der Waals surface area (Å²) in [6.07, 6.45) is 1.60. The van der Waals surface area contributed by atoms with E-state index in [1.807, 2.05) is 0 Å². The molecule has 3 aliphatic rings. The van der Waals surface area contributed by atoms with Gasteiger partial charge in [-0.1, -0.05) is 6.92 Å². The predicted molar refractivity (Wildman–Crippen MR) is 164 cm³/mol. The zero-order valence-electron chi connectivity index (χ0n) is 26.7. The van der Waals surface area contributed by atoms with Gasteiger partial charge in [-0.05, 0) is 76.1 Å². The van der Waals surface area contributed by atoms with Gasteiger partial charge in [0.1, 0.15) is 24.6 Å². The van der Waals surface area contributed by atoms with E-state index in [0.29, 0.717) is 41.7 Å². The Morgan fingerprint density at radius 1 is 1.22 bits per heavy atom. The van der Waals surface area contributed by atoms with E-state index in [-0.39, 0.29) is 62.2 Å². The van der Waals surface area contributed by atoms with Crippen LogP contribution in [0.3, 0.4) is 0 Å². The monoisotopic (exact) mass is 635 g/mol. The first-order valence-corrected chi connectivity index (χ1v) is 15.6. The third-order valence-electron chi connectivity index (χ3n) is 9.04. The number of ether oxygens (including phenoxy) is 3. The summed E-state index contributed by atoms with van der Waals surface area (Å²) in [6.45, 7) is 8.64. The average Bonchev–Trinajstić information content (AvgIpc) is 3.36. The summed E-state index contributed by atoms with van der Waals surface area (Å²) in [6, 6.07) is 2.52. The van der Waals surface area contributed by atoms with Crippen LogP contribution >= 0.6 is 0 Å². The van der Waals surface area contributed by atoms with Crippen molar-refractivity contribution in [3.8, 4) is 11.4 Å². The Hall–Kier alpha value is -4.16. The predicted octanol–water partition coefficient (Wildman–Crippen LogP) is 3.77. The van der Waals surface area contributed by atoms with Gasteiger partial charge < -0.3 is 29.2 Å². The van der Waals surface area contributed by atoms with Gasteiger partial charge in [0.15, 0.2) is 5.60 Å². The lowest BCUT2D eigenvalue weighted by Gasteiger charge is -2.31. The molecule has 0 spiro atoms. The molecule has 11 nitrogen and oxygen atoms in total. The molecule has 1 aromatic carbocycles. The molecule has 0 fully saturated rings. The Balaban J connectivity index is 1.32. The van der Waals surface area contributed by atoms with Crippen LogP contribution in [0.1, 0.15) is 92.8 Å². The molecule has 0 radical (unpaired) electrons. The fraction of sp³-hybridized carbons (Fsp3) is 0.500. The van der Waals surface area contributed by atoms with Crippen molar-refractivity contribution in [2.45, 2.75) is 97.1 Å². The molecule has 46 heavy (non-hydrogen) atoms. The number of nitrogens with zero attached hydrogens (tertiary/aromatic N) is 2. The zero-order valence-corrected chi connectivity index (χ0v) is 26.7. The summed E-state index contributed by atoms with van der Waals surface area (Å²) in [5.74, 6) is -1.89. The topological polar surface area (TPSA) is 146 Å². The van der Waals surface area contributed by atoms with Crippen LogP contribution < -0.4 is 10.9 Å². The molecule has 2 aromatic heterocycles. The number of carbonyl (C=O) groups is 3. The Morgan fingerprint density at radius 2 is 1.98 bits per heavy atom. The van der Waals surface area contributed by atoms with Crippen LogP contribution in [0.2, 0.25) is 0 Å². The molecule has 0 saturated heterocycles. The second kappa shape index (κ2) is 11.6. The van der Waals surface area contributed by atoms with Gasteiger partial charge in [-0.3, -0.25) is 14.4 Å². The molecule has 6 rings (SSSR count). The van der Waals surface area contributed by atoms with Crippen molar-refractivity contribution in [1.82, 2.24) is 14.9 Å². The fourth-order valence-electron chi connectivity index (χ4n) is 6.81. The first-order chi connectivity index (χ1) is 21.7. The Kier molecular flexibility index (Phi) is 8.00. The summed E-state index contributed by atoms with van der Waals surface area (Å²) in [5.41, 5.74) is 1.50.